The lowest BCUT2D eigenvalue weighted by Gasteiger charge is -2.56. The Morgan fingerprint density at radius 3 is 2.44 bits per heavy atom. The third-order valence-corrected chi connectivity index (χ3v) is 14.4. The van der Waals surface area contributed by atoms with Gasteiger partial charge in [-0.1, -0.05) is 0 Å². The van der Waals surface area contributed by atoms with E-state index in [-0.39, 0.29) is 49.0 Å². The topological polar surface area (TPSA) is 149 Å². The largest absolute Gasteiger partial charge is 0.488 e. The van der Waals surface area contributed by atoms with E-state index in [1.807, 2.05) is 12.1 Å². The molecule has 7 aliphatic rings. The van der Waals surface area contributed by atoms with Crippen molar-refractivity contribution in [3.8, 4) is 17.1 Å². The molecule has 4 saturated heterocycles. The first-order valence-corrected chi connectivity index (χ1v) is 21.4. The Morgan fingerprint density at radius 2 is 1.68 bits per heavy atom. The molecule has 7 heterocycles. The van der Waals surface area contributed by atoms with E-state index >= 15 is 4.39 Å². The van der Waals surface area contributed by atoms with E-state index < -0.39 is 17.8 Å². The summed E-state index contributed by atoms with van der Waals surface area (Å²) in [7, 11) is 0. The fourth-order valence-electron chi connectivity index (χ4n) is 10.4. The van der Waals surface area contributed by atoms with E-state index in [0.29, 0.717) is 41.4 Å². The third-order valence-electron chi connectivity index (χ3n) is 14.4. The van der Waals surface area contributed by atoms with E-state index in [9.17, 15) is 14.4 Å². The summed E-state index contributed by atoms with van der Waals surface area (Å²) < 4.78 is 28.7. The fourth-order valence-corrected chi connectivity index (χ4v) is 10.4. The lowest BCUT2D eigenvalue weighted by atomic mass is 9.71. The highest BCUT2D eigenvalue weighted by Gasteiger charge is 2.48. The number of aromatic amines is 1. The Balaban J connectivity index is 0.632. The normalized spacial score (nSPS) is 26.5. The van der Waals surface area contributed by atoms with Crippen LogP contribution in [0.4, 0.5) is 15.9 Å². The molecule has 2 aromatic heterocycles. The molecule has 2 saturated carbocycles. The molecule has 1 atom stereocenters. The van der Waals surface area contributed by atoms with Crippen LogP contribution < -0.4 is 19.9 Å². The number of imide groups is 1. The molecular formula is C44H50FN9O5. The number of aromatic nitrogens is 4. The summed E-state index contributed by atoms with van der Waals surface area (Å²) in [6, 6.07) is 11.3. The van der Waals surface area contributed by atoms with Crippen molar-refractivity contribution >= 4 is 40.1 Å². The number of benzene rings is 2. The van der Waals surface area contributed by atoms with Crippen LogP contribution in [0.5, 0.6) is 5.75 Å². The maximum atomic E-state index is 15.9. The highest BCUT2D eigenvalue weighted by Crippen LogP contribution is 2.45. The Hall–Kier alpha value is -5.15. The smallest absolute Gasteiger partial charge is 0.255 e. The van der Waals surface area contributed by atoms with Gasteiger partial charge in [0.2, 0.25) is 11.8 Å². The maximum Gasteiger partial charge on any atom is 0.255 e. The van der Waals surface area contributed by atoms with E-state index in [0.717, 1.165) is 98.6 Å². The number of halogens is 1. The first-order chi connectivity index (χ1) is 28.6. The quantitative estimate of drug-likeness (QED) is 0.221. The minimum atomic E-state index is -0.762. The first-order valence-electron chi connectivity index (χ1n) is 21.4. The maximum absolute atomic E-state index is 15.9. The van der Waals surface area contributed by atoms with E-state index in [4.69, 9.17) is 9.47 Å². The van der Waals surface area contributed by atoms with Gasteiger partial charge in [0.25, 0.3) is 5.91 Å². The van der Waals surface area contributed by atoms with Gasteiger partial charge in [0.1, 0.15) is 29.5 Å². The molecule has 2 aliphatic carbocycles. The number of carbonyl (C=O) groups excluding carboxylic acids is 3. The second kappa shape index (κ2) is 14.0. The monoisotopic (exact) mass is 803 g/mol. The number of anilines is 2. The van der Waals surface area contributed by atoms with Crippen LogP contribution in [0.3, 0.4) is 0 Å². The molecule has 2 aromatic carbocycles. The summed E-state index contributed by atoms with van der Waals surface area (Å²) in [4.78, 5) is 55.0. The van der Waals surface area contributed by atoms with Gasteiger partial charge in [0, 0.05) is 66.6 Å². The van der Waals surface area contributed by atoms with Crippen LogP contribution >= 0.6 is 0 Å². The van der Waals surface area contributed by atoms with Crippen molar-refractivity contribution in [1.29, 1.82) is 0 Å². The van der Waals surface area contributed by atoms with E-state index in [2.05, 4.69) is 59.2 Å². The lowest BCUT2D eigenvalue weighted by Crippen LogP contribution is -2.62. The van der Waals surface area contributed by atoms with Crippen LogP contribution in [0.15, 0.2) is 42.7 Å². The molecule has 3 amide bonds. The molecule has 5 aliphatic heterocycles. The zero-order chi connectivity index (χ0) is 40.0. The van der Waals surface area contributed by atoms with Gasteiger partial charge in [0.05, 0.1) is 41.3 Å². The second-order valence-corrected chi connectivity index (χ2v) is 18.4. The minimum Gasteiger partial charge on any atom is -0.488 e. The highest BCUT2D eigenvalue weighted by atomic mass is 19.1. The van der Waals surface area contributed by atoms with Crippen LogP contribution in [0.25, 0.3) is 22.3 Å². The molecule has 308 valence electrons. The molecule has 2 N–H and O–H groups in total. The summed E-state index contributed by atoms with van der Waals surface area (Å²) in [6.07, 6.45) is 10.8. The molecule has 14 nitrogen and oxygen atoms in total. The predicted octanol–water partition coefficient (Wildman–Crippen LogP) is 4.97. The summed E-state index contributed by atoms with van der Waals surface area (Å²) >= 11 is 0. The van der Waals surface area contributed by atoms with Gasteiger partial charge < -0.3 is 29.1 Å². The number of H-pyrrole nitrogens is 1. The van der Waals surface area contributed by atoms with Crippen molar-refractivity contribution in [3.63, 3.8) is 0 Å². The number of ether oxygens (including phenoxy) is 2. The standard InChI is InChI=1S/C44H50FN9O5/c1-43(10-11-43)59-28-2-4-33-31(20-28)40(50-49-33)34-21-37(47-25-46-34)53-23-44(24-53)12-16-51(17-13-44)26-18-29(19-26)58-27-8-14-52(15-9-27)35-5-3-30-32(39(35)45)22-54(42(30)57)36-6-7-38(55)48-41(36)56/h2-5,20-21,25-27,29,36H,6-19,22-24H2,1H3,(H,49,50)(H,48,55,56)/t26-,29-,36?. The summed E-state index contributed by atoms with van der Waals surface area (Å²) in [6.45, 7) is 7.81. The van der Waals surface area contributed by atoms with Gasteiger partial charge in [-0.3, -0.25) is 24.8 Å². The van der Waals surface area contributed by atoms with Gasteiger partial charge in [-0.05, 0) is 108 Å². The summed E-state index contributed by atoms with van der Waals surface area (Å²) in [5, 5.41) is 11.0. The van der Waals surface area contributed by atoms with E-state index in [1.165, 1.54) is 17.7 Å². The summed E-state index contributed by atoms with van der Waals surface area (Å²) in [5.41, 5.74) is 4.03. The number of nitrogens with one attached hydrogen (secondary N) is 2. The lowest BCUT2D eigenvalue weighted by molar-refractivity contribution is -0.136. The second-order valence-electron chi connectivity index (χ2n) is 18.4. The number of nitrogens with zero attached hydrogens (tertiary/aromatic N) is 7. The molecule has 0 bridgehead atoms. The molecule has 0 radical (unpaired) electrons. The zero-order valence-electron chi connectivity index (χ0n) is 33.4. The Morgan fingerprint density at radius 1 is 0.881 bits per heavy atom. The van der Waals surface area contributed by atoms with Crippen molar-refractivity contribution < 1.29 is 28.2 Å². The molecule has 1 spiro atoms. The number of likely N-dealkylation sites (tertiary alicyclic amines) is 1. The molecule has 15 heteroatoms. The number of amides is 3. The number of hydrogen-bond acceptors (Lipinski definition) is 11. The van der Waals surface area contributed by atoms with Crippen LogP contribution in [0.2, 0.25) is 0 Å². The van der Waals surface area contributed by atoms with Crippen molar-refractivity contribution in [1.82, 2.24) is 35.3 Å². The number of rotatable bonds is 9. The molecular weight excluding hydrogens is 754 g/mol. The average molecular weight is 804 g/mol. The number of fused-ring (bicyclic) bond motifs is 2. The van der Waals surface area contributed by atoms with Gasteiger partial charge >= 0.3 is 0 Å². The Bertz CT molecular complexity index is 2340. The average Bonchev–Trinajstić information content (AvgIpc) is 3.62. The molecule has 11 rings (SSSR count). The van der Waals surface area contributed by atoms with Crippen LogP contribution in [0, 0.1) is 11.2 Å². The number of piperidine rings is 3. The van der Waals surface area contributed by atoms with E-state index in [1.54, 1.807) is 18.5 Å². The van der Waals surface area contributed by atoms with Crippen LogP contribution in [-0.4, -0.2) is 117 Å². The Kier molecular flexibility index (Phi) is 8.74. The predicted molar refractivity (Wildman–Crippen MR) is 216 cm³/mol. The number of hydrogen-bond donors (Lipinski definition) is 2. The Labute approximate surface area is 341 Å². The first kappa shape index (κ1) is 36.9. The zero-order valence-corrected chi connectivity index (χ0v) is 33.4. The van der Waals surface area contributed by atoms with Gasteiger partial charge in [-0.2, -0.15) is 5.10 Å². The van der Waals surface area contributed by atoms with Crippen LogP contribution in [0.1, 0.15) is 87.1 Å². The van der Waals surface area contributed by atoms with Crippen LogP contribution in [-0.2, 0) is 20.9 Å². The fraction of sp³-hybridized carbons (Fsp3) is 0.545. The van der Waals surface area contributed by atoms with Crippen molar-refractivity contribution in [3.05, 3.63) is 59.7 Å². The molecule has 6 fully saturated rings. The summed E-state index contributed by atoms with van der Waals surface area (Å²) in [5.74, 6) is 0.234. The van der Waals surface area contributed by atoms with Crippen molar-refractivity contribution in [2.45, 2.75) is 108 Å². The SMILES string of the molecule is CC1(Oc2ccc3n[nH]c(-c4cc(N5CC6(CCN([C@H]7C[C@H](OC8CCN(c9ccc%10c(c9F)CN(C9CCC(=O)NC9=O)C%10=O)CC8)C7)CC6)C5)ncn4)c3c2)CC1. The molecule has 4 aromatic rings. The molecule has 59 heavy (non-hydrogen) atoms. The van der Waals surface area contributed by atoms with Gasteiger partial charge in [-0.15, -0.1) is 0 Å². The minimum absolute atomic E-state index is 0.0331. The third kappa shape index (κ3) is 6.70. The van der Waals surface area contributed by atoms with Crippen molar-refractivity contribution in [2.24, 2.45) is 5.41 Å². The number of carbonyl (C=O) groups is 3. The van der Waals surface area contributed by atoms with Gasteiger partial charge in [0.15, 0.2) is 5.82 Å². The van der Waals surface area contributed by atoms with Crippen molar-refractivity contribution in [2.75, 3.05) is 49.1 Å². The molecule has 1 unspecified atom stereocenters. The highest BCUT2D eigenvalue weighted by molar-refractivity contribution is 6.05. The van der Waals surface area contributed by atoms with Gasteiger partial charge in [-0.25, -0.2) is 14.4 Å².